The second-order valence-electron chi connectivity index (χ2n) is 4.33. The summed E-state index contributed by atoms with van der Waals surface area (Å²) in [6.07, 6.45) is 0. The van der Waals surface area contributed by atoms with Gasteiger partial charge in [0, 0.05) is 6.07 Å². The van der Waals surface area contributed by atoms with Crippen LogP contribution in [0.2, 0.25) is 0 Å². The third-order valence-electron chi connectivity index (χ3n) is 3.07. The van der Waals surface area contributed by atoms with Crippen LogP contribution in [0.5, 0.6) is 5.75 Å². The molecule has 0 saturated carbocycles. The molecule has 3 rings (SSSR count). The van der Waals surface area contributed by atoms with Gasteiger partial charge in [0.1, 0.15) is 22.8 Å². The molecule has 1 aromatic heterocycles. The van der Waals surface area contributed by atoms with E-state index in [2.05, 4.69) is 10.3 Å². The van der Waals surface area contributed by atoms with Crippen molar-refractivity contribution in [3.63, 3.8) is 0 Å². The van der Waals surface area contributed by atoms with Crippen LogP contribution in [0.25, 0.3) is 16.7 Å². The molecule has 0 aliphatic rings. The number of halogens is 1. The van der Waals surface area contributed by atoms with E-state index in [0.29, 0.717) is 16.8 Å². The number of nitrogens with zero attached hydrogens (tertiary/aromatic N) is 3. The molecule has 1 heterocycles. The smallest absolute Gasteiger partial charge is 0.335 e. The molecule has 1 N–H and O–H groups in total. The van der Waals surface area contributed by atoms with Crippen LogP contribution in [0.3, 0.4) is 0 Å². The Morgan fingerprint density at radius 1 is 1.29 bits per heavy atom. The number of aromatic carboxylic acids is 1. The third kappa shape index (κ3) is 2.18. The first-order valence-corrected chi connectivity index (χ1v) is 6.03. The maximum atomic E-state index is 14.0. The lowest BCUT2D eigenvalue weighted by Gasteiger charge is -2.06. The topological polar surface area (TPSA) is 77.2 Å². The molecule has 0 fully saturated rings. The van der Waals surface area contributed by atoms with Crippen LogP contribution in [0.4, 0.5) is 4.39 Å². The number of ether oxygens (including phenoxy) is 1. The zero-order valence-electron chi connectivity index (χ0n) is 10.9. The van der Waals surface area contributed by atoms with E-state index in [-0.39, 0.29) is 11.3 Å². The minimum Gasteiger partial charge on any atom is -0.497 e. The first-order chi connectivity index (χ1) is 10.1. The molecule has 106 valence electrons. The van der Waals surface area contributed by atoms with E-state index in [1.807, 2.05) is 0 Å². The summed E-state index contributed by atoms with van der Waals surface area (Å²) in [6, 6.07) is 8.56. The Morgan fingerprint density at radius 3 is 2.81 bits per heavy atom. The lowest BCUT2D eigenvalue weighted by Crippen LogP contribution is -2.02. The van der Waals surface area contributed by atoms with E-state index in [9.17, 15) is 9.18 Å². The van der Waals surface area contributed by atoms with E-state index in [1.54, 1.807) is 0 Å². The molecule has 0 aliphatic heterocycles. The predicted octanol–water partition coefficient (Wildman–Crippen LogP) is 2.27. The fourth-order valence-corrected chi connectivity index (χ4v) is 2.01. The largest absolute Gasteiger partial charge is 0.497 e. The maximum Gasteiger partial charge on any atom is 0.335 e. The number of rotatable bonds is 3. The Labute approximate surface area is 118 Å². The molecule has 0 amide bonds. The van der Waals surface area contributed by atoms with Gasteiger partial charge in [-0.3, -0.25) is 0 Å². The predicted molar refractivity (Wildman–Crippen MR) is 72.3 cm³/mol. The normalized spacial score (nSPS) is 10.8. The number of aromatic nitrogens is 3. The zero-order chi connectivity index (χ0) is 15.0. The molecular formula is C14H10FN3O3. The summed E-state index contributed by atoms with van der Waals surface area (Å²) in [5, 5.41) is 16.8. The highest BCUT2D eigenvalue weighted by Gasteiger charge is 2.14. The lowest BCUT2D eigenvalue weighted by atomic mass is 10.2. The average molecular weight is 287 g/mol. The van der Waals surface area contributed by atoms with Crippen molar-refractivity contribution in [2.45, 2.75) is 0 Å². The van der Waals surface area contributed by atoms with Crippen LogP contribution < -0.4 is 4.74 Å². The summed E-state index contributed by atoms with van der Waals surface area (Å²) >= 11 is 0. The molecular weight excluding hydrogens is 277 g/mol. The quantitative estimate of drug-likeness (QED) is 0.799. The molecule has 0 bridgehead atoms. The van der Waals surface area contributed by atoms with Gasteiger partial charge in [0.15, 0.2) is 0 Å². The second-order valence-corrected chi connectivity index (χ2v) is 4.33. The number of methoxy groups -OCH3 is 1. The molecule has 2 aromatic carbocycles. The Kier molecular flexibility index (Phi) is 3.02. The molecule has 3 aromatic rings. The SMILES string of the molecule is COc1ccc(F)c(-n2nnc3ccc(C(=O)O)cc32)c1. The van der Waals surface area contributed by atoms with Gasteiger partial charge in [-0.1, -0.05) is 5.21 Å². The third-order valence-corrected chi connectivity index (χ3v) is 3.07. The number of carboxylic acid groups (broad SMARTS) is 1. The Morgan fingerprint density at radius 2 is 2.10 bits per heavy atom. The fourth-order valence-electron chi connectivity index (χ4n) is 2.01. The van der Waals surface area contributed by atoms with Crippen LogP contribution in [0.15, 0.2) is 36.4 Å². The van der Waals surface area contributed by atoms with Crippen molar-refractivity contribution >= 4 is 17.0 Å². The number of carbonyl (C=O) groups is 1. The Bertz CT molecular complexity index is 845. The van der Waals surface area contributed by atoms with Crippen molar-refractivity contribution in [1.29, 1.82) is 0 Å². The second kappa shape index (κ2) is 4.86. The van der Waals surface area contributed by atoms with E-state index >= 15 is 0 Å². The summed E-state index contributed by atoms with van der Waals surface area (Å²) in [4.78, 5) is 11.0. The van der Waals surface area contributed by atoms with E-state index in [4.69, 9.17) is 9.84 Å². The fraction of sp³-hybridized carbons (Fsp3) is 0.0714. The van der Waals surface area contributed by atoms with Gasteiger partial charge in [0.25, 0.3) is 0 Å². The minimum atomic E-state index is -1.07. The van der Waals surface area contributed by atoms with Crippen molar-refractivity contribution in [3.05, 3.63) is 47.8 Å². The van der Waals surface area contributed by atoms with Crippen molar-refractivity contribution in [1.82, 2.24) is 15.0 Å². The molecule has 0 unspecified atom stereocenters. The Hall–Kier alpha value is -2.96. The highest BCUT2D eigenvalue weighted by molar-refractivity contribution is 5.92. The van der Waals surface area contributed by atoms with Crippen LogP contribution in [-0.4, -0.2) is 33.2 Å². The van der Waals surface area contributed by atoms with Crippen molar-refractivity contribution in [2.75, 3.05) is 7.11 Å². The van der Waals surface area contributed by atoms with E-state index in [1.165, 1.54) is 48.2 Å². The van der Waals surface area contributed by atoms with Gasteiger partial charge in [0.2, 0.25) is 0 Å². The molecule has 21 heavy (non-hydrogen) atoms. The van der Waals surface area contributed by atoms with Crippen molar-refractivity contribution < 1.29 is 19.0 Å². The maximum absolute atomic E-state index is 14.0. The monoisotopic (exact) mass is 287 g/mol. The molecule has 7 heteroatoms. The molecule has 0 saturated heterocycles. The van der Waals surface area contributed by atoms with E-state index in [0.717, 1.165) is 0 Å². The van der Waals surface area contributed by atoms with Gasteiger partial charge in [-0.2, -0.15) is 0 Å². The van der Waals surface area contributed by atoms with Gasteiger partial charge in [-0.15, -0.1) is 5.10 Å². The highest BCUT2D eigenvalue weighted by Crippen LogP contribution is 2.23. The van der Waals surface area contributed by atoms with Crippen molar-refractivity contribution in [3.8, 4) is 11.4 Å². The molecule has 0 radical (unpaired) electrons. The minimum absolute atomic E-state index is 0.0781. The highest BCUT2D eigenvalue weighted by atomic mass is 19.1. The lowest BCUT2D eigenvalue weighted by molar-refractivity contribution is 0.0697. The first-order valence-electron chi connectivity index (χ1n) is 6.03. The van der Waals surface area contributed by atoms with Gasteiger partial charge >= 0.3 is 5.97 Å². The summed E-state index contributed by atoms with van der Waals surface area (Å²) in [6.45, 7) is 0. The summed E-state index contributed by atoms with van der Waals surface area (Å²) in [5.74, 6) is -1.12. The molecule has 0 spiro atoms. The van der Waals surface area contributed by atoms with Crippen LogP contribution in [-0.2, 0) is 0 Å². The number of carboxylic acids is 1. The Balaban J connectivity index is 2.25. The molecule has 6 nitrogen and oxygen atoms in total. The van der Waals surface area contributed by atoms with Crippen LogP contribution in [0, 0.1) is 5.82 Å². The van der Waals surface area contributed by atoms with Gasteiger partial charge in [-0.25, -0.2) is 13.9 Å². The van der Waals surface area contributed by atoms with Gasteiger partial charge < -0.3 is 9.84 Å². The van der Waals surface area contributed by atoms with Gasteiger partial charge in [-0.05, 0) is 30.3 Å². The molecule has 0 atom stereocenters. The number of benzene rings is 2. The average Bonchev–Trinajstić information content (AvgIpc) is 2.90. The first kappa shape index (κ1) is 13.0. The summed E-state index contributed by atoms with van der Waals surface area (Å²) in [7, 11) is 1.47. The van der Waals surface area contributed by atoms with Crippen LogP contribution in [0.1, 0.15) is 10.4 Å². The molecule has 0 aliphatic carbocycles. The standard InChI is InChI=1S/C14H10FN3O3/c1-21-9-3-4-10(15)12(7-9)18-13-6-8(14(19)20)2-5-11(13)16-17-18/h2-7H,1H3,(H,19,20). The summed E-state index contributed by atoms with van der Waals surface area (Å²) in [5.41, 5.74) is 1.10. The number of hydrogen-bond donors (Lipinski definition) is 1. The van der Waals surface area contributed by atoms with Crippen LogP contribution >= 0.6 is 0 Å². The number of hydrogen-bond acceptors (Lipinski definition) is 4. The van der Waals surface area contributed by atoms with Crippen molar-refractivity contribution in [2.24, 2.45) is 0 Å². The summed E-state index contributed by atoms with van der Waals surface area (Å²) < 4.78 is 20.3. The van der Waals surface area contributed by atoms with Gasteiger partial charge in [0.05, 0.1) is 18.2 Å². The zero-order valence-corrected chi connectivity index (χ0v) is 10.9. The van der Waals surface area contributed by atoms with E-state index < -0.39 is 11.8 Å². The number of fused-ring (bicyclic) bond motifs is 1.